The van der Waals surface area contributed by atoms with E-state index in [9.17, 15) is 4.79 Å². The highest BCUT2D eigenvalue weighted by Crippen LogP contribution is 2.33. The van der Waals surface area contributed by atoms with Crippen molar-refractivity contribution in [2.45, 2.75) is 6.92 Å². The summed E-state index contributed by atoms with van der Waals surface area (Å²) in [5.41, 5.74) is 1.31. The average Bonchev–Trinajstić information content (AvgIpc) is 2.71. The van der Waals surface area contributed by atoms with Crippen LogP contribution in [0.3, 0.4) is 0 Å². The molecule has 0 N–H and O–H groups in total. The molecule has 0 aromatic heterocycles. The van der Waals surface area contributed by atoms with E-state index in [0.29, 0.717) is 5.70 Å². The molecular weight excluding hydrogens is 346 g/mol. The molecule has 19 heavy (non-hydrogen) atoms. The van der Waals surface area contributed by atoms with Gasteiger partial charge in [-0.3, -0.25) is 4.79 Å². The summed E-state index contributed by atoms with van der Waals surface area (Å²) in [6, 6.07) is 5.66. The molecule has 0 saturated carbocycles. The molecule has 0 spiro atoms. The summed E-state index contributed by atoms with van der Waals surface area (Å²) < 4.78 is 7.03. The number of aliphatic imine (C=N–C) groups is 1. The molecule has 1 aliphatic rings. The molecule has 1 aliphatic heterocycles. The van der Waals surface area contributed by atoms with Crippen LogP contribution in [0.5, 0.6) is 5.75 Å². The lowest BCUT2D eigenvalue weighted by Crippen LogP contribution is -1.91. The van der Waals surface area contributed by atoms with Gasteiger partial charge in [0.2, 0.25) is 5.12 Å². The number of carbonyl (C=O) groups excluding carboxylic acids is 1. The highest BCUT2D eigenvalue weighted by Gasteiger charge is 2.22. The summed E-state index contributed by atoms with van der Waals surface area (Å²) in [6.07, 6.45) is 1.77. The third-order valence-corrected chi connectivity index (χ3v) is 4.74. The fourth-order valence-electron chi connectivity index (χ4n) is 1.54. The summed E-state index contributed by atoms with van der Waals surface area (Å²) in [5.74, 6) is 1.63. The highest BCUT2D eigenvalue weighted by atomic mass is 79.9. The van der Waals surface area contributed by atoms with Crippen molar-refractivity contribution in [1.82, 2.24) is 0 Å². The van der Waals surface area contributed by atoms with Gasteiger partial charge >= 0.3 is 0 Å². The van der Waals surface area contributed by atoms with E-state index in [1.165, 1.54) is 11.8 Å². The summed E-state index contributed by atoms with van der Waals surface area (Å²) in [5, 5.41) is -0.0158. The third kappa shape index (κ3) is 3.64. The molecule has 0 unspecified atom stereocenters. The van der Waals surface area contributed by atoms with Crippen LogP contribution in [0, 0.1) is 0 Å². The maximum atomic E-state index is 11.9. The first-order valence-electron chi connectivity index (χ1n) is 5.63. The summed E-state index contributed by atoms with van der Waals surface area (Å²) >= 11 is 6.18. The minimum Gasteiger partial charge on any atom is -0.496 e. The van der Waals surface area contributed by atoms with Gasteiger partial charge in [-0.15, -0.1) is 0 Å². The Kier molecular flexibility index (Phi) is 5.13. The van der Waals surface area contributed by atoms with Crippen molar-refractivity contribution in [2.24, 2.45) is 4.99 Å². The Balaban J connectivity index is 2.35. The van der Waals surface area contributed by atoms with Gasteiger partial charge in [-0.1, -0.05) is 34.6 Å². The molecule has 6 heteroatoms. The molecule has 0 bridgehead atoms. The zero-order valence-corrected chi connectivity index (χ0v) is 13.7. The number of carbonyl (C=O) groups is 1. The van der Waals surface area contributed by atoms with Crippen molar-refractivity contribution in [3.05, 3.63) is 33.9 Å². The molecule has 0 aliphatic carbocycles. The number of halogens is 1. The molecule has 0 atom stereocenters. The lowest BCUT2D eigenvalue weighted by Gasteiger charge is -2.05. The Labute approximate surface area is 129 Å². The van der Waals surface area contributed by atoms with Crippen molar-refractivity contribution in [3.8, 4) is 5.75 Å². The van der Waals surface area contributed by atoms with E-state index < -0.39 is 0 Å². The molecular formula is C13H12BrNO2S2. The largest absolute Gasteiger partial charge is 0.496 e. The second kappa shape index (κ2) is 6.63. The number of benzene rings is 1. The van der Waals surface area contributed by atoms with Crippen LogP contribution in [0.2, 0.25) is 0 Å². The van der Waals surface area contributed by atoms with Crippen LogP contribution in [-0.4, -0.2) is 22.4 Å². The Bertz CT molecular complexity index is 570. The monoisotopic (exact) mass is 357 g/mol. The van der Waals surface area contributed by atoms with Gasteiger partial charge in [-0.2, -0.15) is 0 Å². The maximum Gasteiger partial charge on any atom is 0.244 e. The van der Waals surface area contributed by atoms with Crippen molar-refractivity contribution < 1.29 is 9.53 Å². The van der Waals surface area contributed by atoms with Gasteiger partial charge in [0.05, 0.1) is 7.11 Å². The fourth-order valence-corrected chi connectivity index (χ4v) is 3.66. The Morgan fingerprint density at radius 2 is 2.32 bits per heavy atom. The quantitative estimate of drug-likeness (QED) is 0.760. The number of hydrogen-bond acceptors (Lipinski definition) is 5. The molecule has 0 amide bonds. The van der Waals surface area contributed by atoms with Crippen molar-refractivity contribution in [1.29, 1.82) is 0 Å². The topological polar surface area (TPSA) is 38.7 Å². The zero-order valence-electron chi connectivity index (χ0n) is 10.5. The van der Waals surface area contributed by atoms with Gasteiger partial charge in [0.1, 0.15) is 15.8 Å². The minimum absolute atomic E-state index is 0.0158. The summed E-state index contributed by atoms with van der Waals surface area (Å²) in [6.45, 7) is 2.04. The van der Waals surface area contributed by atoms with Crippen molar-refractivity contribution in [3.63, 3.8) is 0 Å². The van der Waals surface area contributed by atoms with Crippen LogP contribution >= 0.6 is 39.5 Å². The normalized spacial score (nSPS) is 16.9. The maximum absolute atomic E-state index is 11.9. The standard InChI is InChI=1S/C13H12BrNO2S2/c1-3-18-13-15-10(12(16)19-13)7-8-6-9(14)4-5-11(8)17-2/h4-7H,3H2,1-2H3. The first-order chi connectivity index (χ1) is 9.13. The third-order valence-electron chi connectivity index (χ3n) is 2.35. The molecule has 100 valence electrons. The second-order valence-corrected chi connectivity index (χ2v) is 7.00. The first-order valence-corrected chi connectivity index (χ1v) is 8.22. The van der Waals surface area contributed by atoms with Gasteiger partial charge in [-0.25, -0.2) is 4.99 Å². The van der Waals surface area contributed by atoms with Gasteiger partial charge in [0, 0.05) is 10.0 Å². The van der Waals surface area contributed by atoms with Crippen LogP contribution < -0.4 is 4.74 Å². The highest BCUT2D eigenvalue weighted by molar-refractivity contribution is 9.10. The number of methoxy groups -OCH3 is 1. The van der Waals surface area contributed by atoms with Crippen LogP contribution in [0.1, 0.15) is 12.5 Å². The summed E-state index contributed by atoms with van der Waals surface area (Å²) in [7, 11) is 1.61. The van der Waals surface area contributed by atoms with E-state index in [1.807, 2.05) is 25.1 Å². The van der Waals surface area contributed by atoms with E-state index in [1.54, 1.807) is 24.9 Å². The molecule has 2 rings (SSSR count). The van der Waals surface area contributed by atoms with Gasteiger partial charge in [0.25, 0.3) is 0 Å². The molecule has 0 radical (unpaired) electrons. The molecule has 1 heterocycles. The number of hydrogen-bond donors (Lipinski definition) is 0. The number of nitrogens with zero attached hydrogens (tertiary/aromatic N) is 1. The average molecular weight is 358 g/mol. The Morgan fingerprint density at radius 1 is 1.53 bits per heavy atom. The van der Waals surface area contributed by atoms with Gasteiger partial charge in [0.15, 0.2) is 0 Å². The van der Waals surface area contributed by atoms with E-state index in [4.69, 9.17) is 4.74 Å². The molecule has 1 aromatic carbocycles. The van der Waals surface area contributed by atoms with E-state index >= 15 is 0 Å². The fraction of sp³-hybridized carbons (Fsp3) is 0.231. The van der Waals surface area contributed by atoms with E-state index in [0.717, 1.165) is 25.9 Å². The molecule has 0 saturated heterocycles. The van der Waals surface area contributed by atoms with Crippen molar-refractivity contribution in [2.75, 3.05) is 12.9 Å². The number of thioether (sulfide) groups is 2. The Morgan fingerprint density at radius 3 is 3.00 bits per heavy atom. The van der Waals surface area contributed by atoms with E-state index in [-0.39, 0.29) is 5.12 Å². The SMILES string of the molecule is CCSC1=NC(=Cc2cc(Br)ccc2OC)C(=O)S1. The lowest BCUT2D eigenvalue weighted by molar-refractivity contribution is -0.107. The predicted molar refractivity (Wildman–Crippen MR) is 86.8 cm³/mol. The van der Waals surface area contributed by atoms with Crippen LogP contribution in [0.25, 0.3) is 6.08 Å². The number of ether oxygens (including phenoxy) is 1. The smallest absolute Gasteiger partial charge is 0.244 e. The minimum atomic E-state index is -0.0158. The number of rotatable bonds is 3. The molecule has 0 fully saturated rings. The predicted octanol–water partition coefficient (Wildman–Crippen LogP) is 4.18. The molecule has 3 nitrogen and oxygen atoms in total. The lowest BCUT2D eigenvalue weighted by atomic mass is 10.1. The second-order valence-electron chi connectivity index (χ2n) is 3.62. The first kappa shape index (κ1) is 14.7. The van der Waals surface area contributed by atoms with Gasteiger partial charge in [-0.05, 0) is 41.8 Å². The van der Waals surface area contributed by atoms with E-state index in [2.05, 4.69) is 20.9 Å². The van der Waals surface area contributed by atoms with Crippen LogP contribution in [0.15, 0.2) is 33.4 Å². The summed E-state index contributed by atoms with van der Waals surface area (Å²) in [4.78, 5) is 16.2. The van der Waals surface area contributed by atoms with Crippen LogP contribution in [-0.2, 0) is 4.79 Å². The Hall–Kier alpha value is -0.720. The zero-order chi connectivity index (χ0) is 13.8. The molecule has 1 aromatic rings. The van der Waals surface area contributed by atoms with Crippen molar-refractivity contribution >= 4 is 55.0 Å². The van der Waals surface area contributed by atoms with Crippen LogP contribution in [0.4, 0.5) is 0 Å². The van der Waals surface area contributed by atoms with Gasteiger partial charge < -0.3 is 4.74 Å².